The Morgan fingerprint density at radius 1 is 0.481 bits per heavy atom. The molecule has 3 aromatic rings. The minimum absolute atomic E-state index is 0.0773. The van der Waals surface area contributed by atoms with Gasteiger partial charge in [0, 0.05) is 36.4 Å². The molecule has 0 saturated carbocycles. The number of benzene rings is 2. The highest BCUT2D eigenvalue weighted by molar-refractivity contribution is 6.00. The lowest BCUT2D eigenvalue weighted by atomic mass is 9.96. The molecule has 37 nitrogen and oxygen atoms in total. The fourth-order valence-electron chi connectivity index (χ4n) is 11.2. The summed E-state index contributed by atoms with van der Waals surface area (Å²) in [6.45, 7) is 8.22. The number of nitrogens with one attached hydrogen (secondary N) is 15. The van der Waals surface area contributed by atoms with Crippen LogP contribution in [-0.4, -0.2) is 239 Å². The van der Waals surface area contributed by atoms with E-state index < -0.39 is 212 Å². The summed E-state index contributed by atoms with van der Waals surface area (Å²) in [6.07, 6.45) is 0.772. The maximum atomic E-state index is 14.5. The van der Waals surface area contributed by atoms with Gasteiger partial charge in [0.1, 0.15) is 72.5 Å². The number of H-pyrrole nitrogens is 1. The number of carboxylic acids is 2. The highest BCUT2D eigenvalue weighted by Gasteiger charge is 2.39. The SMILES string of the molecule is CC[C@H](C)[C@@H](NC(=O)[C@@H](NC(=O)[C@H](CCC(=O)O)NC(=O)[C@H](Cc1ccccc1)NC(=O)[C@@H](CCN)NC(=O)[C@H](CCN)NC(=O)[C@H](CO)NC(=O)[C@@H](Cc1c[nH]c2ccccc12)NC(=O)[C@@H](CO)NC(=O)CNC(=O)[C@@H](CCN)NC(=O)[C@H](NC(=O)[C@@H]1CCCN1)C(C)C)C(C)C)C(=O)N[C@@H](C)C(=O)O. The van der Waals surface area contributed by atoms with Gasteiger partial charge in [-0.25, -0.2) is 0 Å². The van der Waals surface area contributed by atoms with Crippen LogP contribution in [0.4, 0.5) is 0 Å². The summed E-state index contributed by atoms with van der Waals surface area (Å²) in [5, 5.41) is 76.0. The predicted molar refractivity (Wildman–Crippen MR) is 384 cm³/mol. The zero-order valence-electron chi connectivity index (χ0n) is 60.7. The molecule has 1 saturated heterocycles. The Morgan fingerprint density at radius 3 is 1.42 bits per heavy atom. The predicted octanol–water partition coefficient (Wildman–Crippen LogP) is -6.00. The van der Waals surface area contributed by atoms with Gasteiger partial charge in [-0.2, -0.15) is 0 Å². The Balaban J connectivity index is 1.52. The molecule has 0 spiro atoms. The first-order valence-electron chi connectivity index (χ1n) is 35.3. The van der Waals surface area contributed by atoms with Crippen LogP contribution in [0.25, 0.3) is 10.9 Å². The molecule has 1 fully saturated rings. The number of aliphatic carboxylic acids is 2. The first-order chi connectivity index (χ1) is 50.3. The van der Waals surface area contributed by atoms with E-state index in [1.54, 1.807) is 102 Å². The number of amides is 13. The molecule has 0 aliphatic carbocycles. The van der Waals surface area contributed by atoms with Gasteiger partial charge in [-0.15, -0.1) is 0 Å². The summed E-state index contributed by atoms with van der Waals surface area (Å²) >= 11 is 0. The molecular formula is C69H106N18O19. The first kappa shape index (κ1) is 88.2. The Bertz CT molecular complexity index is 3500. The van der Waals surface area contributed by atoms with E-state index in [0.717, 1.165) is 6.42 Å². The summed E-state index contributed by atoms with van der Waals surface area (Å²) in [4.78, 5) is 207. The third kappa shape index (κ3) is 28.0. The maximum absolute atomic E-state index is 14.5. The molecule has 2 heterocycles. The van der Waals surface area contributed by atoms with Gasteiger partial charge in [0.05, 0.1) is 25.8 Å². The third-order valence-corrected chi connectivity index (χ3v) is 17.7. The van der Waals surface area contributed by atoms with Gasteiger partial charge in [0.15, 0.2) is 0 Å². The van der Waals surface area contributed by atoms with Gasteiger partial charge < -0.3 is 117 Å². The van der Waals surface area contributed by atoms with Crippen molar-refractivity contribution < 1.29 is 92.3 Å². The molecule has 1 aromatic heterocycles. The molecule has 0 radical (unpaired) electrons. The number of aliphatic hydroxyl groups is 2. The molecule has 14 atom stereocenters. The van der Waals surface area contributed by atoms with Crippen LogP contribution in [0.1, 0.15) is 111 Å². The molecule has 37 heteroatoms. The Morgan fingerprint density at radius 2 is 0.915 bits per heavy atom. The fourth-order valence-corrected chi connectivity index (χ4v) is 11.2. The van der Waals surface area contributed by atoms with Crippen molar-refractivity contribution in [1.82, 2.24) is 79.4 Å². The topological polar surface area (TPSA) is 599 Å². The second-order valence-electron chi connectivity index (χ2n) is 26.6. The van der Waals surface area contributed by atoms with Crippen LogP contribution in [0.3, 0.4) is 0 Å². The maximum Gasteiger partial charge on any atom is 0.325 e. The Kier molecular flexibility index (Phi) is 37.1. The lowest BCUT2D eigenvalue weighted by Crippen LogP contribution is -2.62. The van der Waals surface area contributed by atoms with Crippen LogP contribution >= 0.6 is 0 Å². The quantitative estimate of drug-likeness (QED) is 0.0250. The van der Waals surface area contributed by atoms with Gasteiger partial charge in [0.25, 0.3) is 0 Å². The van der Waals surface area contributed by atoms with E-state index in [1.807, 2.05) is 0 Å². The van der Waals surface area contributed by atoms with Gasteiger partial charge in [-0.05, 0) is 107 Å². The van der Waals surface area contributed by atoms with Crippen molar-refractivity contribution in [3.63, 3.8) is 0 Å². The van der Waals surface area contributed by atoms with E-state index in [9.17, 15) is 92.3 Å². The molecule has 586 valence electrons. The zero-order valence-corrected chi connectivity index (χ0v) is 60.7. The number of carbonyl (C=O) groups excluding carboxylic acids is 13. The molecule has 0 unspecified atom stereocenters. The molecular weight excluding hydrogens is 1380 g/mol. The summed E-state index contributed by atoms with van der Waals surface area (Å²) in [7, 11) is 0. The number of nitrogens with two attached hydrogens (primary N) is 3. The van der Waals surface area contributed by atoms with Crippen LogP contribution in [0.2, 0.25) is 0 Å². The number of hydrogen-bond acceptors (Lipinski definition) is 21. The number of rotatable bonds is 46. The minimum Gasteiger partial charge on any atom is -0.481 e. The normalized spacial score (nSPS) is 16.3. The zero-order chi connectivity index (χ0) is 78.9. The molecule has 1 aliphatic rings. The van der Waals surface area contributed by atoms with E-state index >= 15 is 0 Å². The van der Waals surface area contributed by atoms with Crippen molar-refractivity contribution in [3.05, 3.63) is 71.9 Å². The van der Waals surface area contributed by atoms with Gasteiger partial charge in [-0.3, -0.25) is 71.9 Å². The lowest BCUT2D eigenvalue weighted by Gasteiger charge is -2.30. The Labute approximate surface area is 613 Å². The van der Waals surface area contributed by atoms with Crippen molar-refractivity contribution in [2.75, 3.05) is 45.9 Å². The van der Waals surface area contributed by atoms with Gasteiger partial charge in [-0.1, -0.05) is 96.5 Å². The number of para-hydroxylation sites is 1. The van der Waals surface area contributed by atoms with E-state index in [2.05, 4.69) is 79.4 Å². The highest BCUT2D eigenvalue weighted by Crippen LogP contribution is 2.20. The molecule has 25 N–H and O–H groups in total. The van der Waals surface area contributed by atoms with Crippen LogP contribution in [0.5, 0.6) is 0 Å². The second-order valence-corrected chi connectivity index (χ2v) is 26.6. The van der Waals surface area contributed by atoms with E-state index in [-0.39, 0.29) is 57.6 Å². The largest absolute Gasteiger partial charge is 0.481 e. The number of aromatic nitrogens is 1. The number of hydrogen-bond donors (Lipinski definition) is 22. The number of aliphatic hydroxyl groups excluding tert-OH is 2. The van der Waals surface area contributed by atoms with Crippen LogP contribution in [0, 0.1) is 17.8 Å². The van der Waals surface area contributed by atoms with Gasteiger partial charge >= 0.3 is 11.9 Å². The number of fused-ring (bicyclic) bond motifs is 1. The van der Waals surface area contributed by atoms with Crippen molar-refractivity contribution in [2.45, 2.75) is 191 Å². The smallest absolute Gasteiger partial charge is 0.325 e. The third-order valence-electron chi connectivity index (χ3n) is 17.7. The average molecular weight is 1490 g/mol. The van der Waals surface area contributed by atoms with Crippen molar-refractivity contribution in [3.8, 4) is 0 Å². The lowest BCUT2D eigenvalue weighted by molar-refractivity contribution is -0.142. The van der Waals surface area contributed by atoms with E-state index in [1.165, 1.54) is 6.92 Å². The number of carboxylic acid groups (broad SMARTS) is 2. The standard InChI is InChI=1S/C69H106N18O19/c1-8-37(6)56(68(104)76-38(7)69(105)106)87-67(103)55(36(4)5)86-61(97)44(20-21-53(91)92)78-62(98)48(29-39-15-10-9-11-16-39)82-60(96)47(24-27-72)79-59(95)46(23-26-71)80-65(101)51(34-89)84-63(99)49(30-40-31-74-42-18-13-12-17-41(40)42)83-64(100)50(33-88)77-52(90)32-75-57(93)45(22-25-70)81-66(102)54(35(2)3)85-58(94)43-19-14-28-73-43/h9-13,15-18,31,35-38,43-51,54-56,73-74,88-89H,8,14,19-30,32-34,70-72H2,1-7H3,(H,75,93)(H,76,104)(H,77,90)(H,78,98)(H,79,95)(H,80,101)(H,81,102)(H,82,96)(H,83,100)(H,84,99)(H,85,94)(H,86,97)(H,87,103)(H,91,92)(H,105,106)/t37-,38-,43-,44-,45+,46-,47+,48-,49+,50+,51-,54+,55-,56+/m0/s1. The second kappa shape index (κ2) is 44.6. The summed E-state index contributed by atoms with van der Waals surface area (Å²) in [5.41, 5.74) is 19.2. The van der Waals surface area contributed by atoms with Crippen LogP contribution in [-0.2, 0) is 84.8 Å². The average Bonchev–Trinajstić information content (AvgIpc) is 1.64. The molecule has 4 rings (SSSR count). The molecule has 0 bridgehead atoms. The number of carbonyl (C=O) groups is 15. The fraction of sp³-hybridized carbons (Fsp3) is 0.580. The first-order valence-corrected chi connectivity index (χ1v) is 35.3. The summed E-state index contributed by atoms with van der Waals surface area (Å²) < 4.78 is 0. The Hall–Kier alpha value is -10.2. The summed E-state index contributed by atoms with van der Waals surface area (Å²) in [5.74, 6) is -16.4. The van der Waals surface area contributed by atoms with Crippen molar-refractivity contribution in [2.24, 2.45) is 35.0 Å². The number of aromatic amines is 1. The molecule has 2 aromatic carbocycles. The van der Waals surface area contributed by atoms with Crippen molar-refractivity contribution in [1.29, 1.82) is 0 Å². The minimum atomic E-state index is -1.87. The highest BCUT2D eigenvalue weighted by atomic mass is 16.4. The molecule has 13 amide bonds. The molecule has 106 heavy (non-hydrogen) atoms. The van der Waals surface area contributed by atoms with Gasteiger partial charge in [0.2, 0.25) is 76.8 Å². The molecule has 1 aliphatic heterocycles. The van der Waals surface area contributed by atoms with E-state index in [0.29, 0.717) is 41.4 Å². The summed E-state index contributed by atoms with van der Waals surface area (Å²) in [6, 6.07) is -3.46. The van der Waals surface area contributed by atoms with Crippen LogP contribution < -0.4 is 91.6 Å². The van der Waals surface area contributed by atoms with Crippen molar-refractivity contribution >= 4 is 99.6 Å². The monoisotopic (exact) mass is 1490 g/mol. The van der Waals surface area contributed by atoms with E-state index in [4.69, 9.17) is 17.2 Å². The van der Waals surface area contributed by atoms with Crippen LogP contribution in [0.15, 0.2) is 60.8 Å².